The maximum atomic E-state index is 12.6. The van der Waals surface area contributed by atoms with Gasteiger partial charge in [0.2, 0.25) is 0 Å². The van der Waals surface area contributed by atoms with Crippen molar-refractivity contribution in [2.24, 2.45) is 0 Å². The van der Waals surface area contributed by atoms with Crippen molar-refractivity contribution in [3.05, 3.63) is 64.1 Å². The number of nitrogens with one attached hydrogen (secondary N) is 1. The van der Waals surface area contributed by atoms with Crippen molar-refractivity contribution in [2.45, 2.75) is 13.2 Å². The SMILES string of the molecule is O=c1[nH]c2ccccc2nc1/C=C/c1ccc(OC(F)F)cc1OC(F)F. The molecule has 5 nitrogen and oxygen atoms in total. The van der Waals surface area contributed by atoms with Crippen LogP contribution < -0.4 is 15.0 Å². The number of halogens is 4. The molecule has 140 valence electrons. The largest absolute Gasteiger partial charge is 0.435 e. The molecule has 0 aliphatic rings. The van der Waals surface area contributed by atoms with Gasteiger partial charge in [0.15, 0.2) is 0 Å². The van der Waals surface area contributed by atoms with E-state index in [0.717, 1.165) is 6.07 Å². The number of alkyl halides is 4. The number of benzene rings is 2. The van der Waals surface area contributed by atoms with E-state index in [-0.39, 0.29) is 22.8 Å². The molecular formula is C18H12F4N2O3. The molecule has 0 amide bonds. The van der Waals surface area contributed by atoms with E-state index in [0.29, 0.717) is 11.0 Å². The number of rotatable bonds is 6. The number of para-hydroxylation sites is 2. The van der Waals surface area contributed by atoms with E-state index in [2.05, 4.69) is 19.4 Å². The lowest BCUT2D eigenvalue weighted by Gasteiger charge is -2.11. The summed E-state index contributed by atoms with van der Waals surface area (Å²) in [5.74, 6) is -0.712. The van der Waals surface area contributed by atoms with Crippen molar-refractivity contribution in [3.63, 3.8) is 0 Å². The van der Waals surface area contributed by atoms with Crippen LogP contribution in [0.15, 0.2) is 47.3 Å². The van der Waals surface area contributed by atoms with Crippen molar-refractivity contribution in [2.75, 3.05) is 0 Å². The van der Waals surface area contributed by atoms with Crippen LogP contribution >= 0.6 is 0 Å². The highest BCUT2D eigenvalue weighted by atomic mass is 19.3. The second-order valence-electron chi connectivity index (χ2n) is 5.26. The number of H-pyrrole nitrogens is 1. The minimum Gasteiger partial charge on any atom is -0.435 e. The minimum atomic E-state index is -3.17. The first-order chi connectivity index (χ1) is 12.9. The minimum absolute atomic E-state index is 0.0459. The second kappa shape index (κ2) is 7.90. The van der Waals surface area contributed by atoms with Gasteiger partial charge in [0.05, 0.1) is 11.0 Å². The summed E-state index contributed by atoms with van der Waals surface area (Å²) in [6.07, 6.45) is 2.63. The van der Waals surface area contributed by atoms with Crippen molar-refractivity contribution in [1.29, 1.82) is 0 Å². The normalized spacial score (nSPS) is 11.6. The lowest BCUT2D eigenvalue weighted by molar-refractivity contribution is -0.0543. The van der Waals surface area contributed by atoms with Gasteiger partial charge >= 0.3 is 13.2 Å². The molecule has 0 unspecified atom stereocenters. The predicted octanol–water partition coefficient (Wildman–Crippen LogP) is 4.30. The molecule has 1 aromatic heterocycles. The fourth-order valence-corrected chi connectivity index (χ4v) is 2.35. The Morgan fingerprint density at radius 2 is 1.70 bits per heavy atom. The molecule has 2 aromatic carbocycles. The first-order valence-electron chi connectivity index (χ1n) is 7.63. The van der Waals surface area contributed by atoms with Crippen LogP contribution in [0.1, 0.15) is 11.3 Å². The molecule has 0 atom stereocenters. The topological polar surface area (TPSA) is 64.2 Å². The standard InChI is InChI=1S/C18H12F4N2O3/c19-17(20)26-11-7-5-10(15(9-11)27-18(21)22)6-8-14-16(25)24-13-4-2-1-3-12(13)23-14/h1-9,17-18H,(H,24,25)/b8-6+. The fraction of sp³-hybridized carbons (Fsp3) is 0.111. The number of hydrogen-bond acceptors (Lipinski definition) is 4. The van der Waals surface area contributed by atoms with Crippen LogP contribution in [0.25, 0.3) is 23.2 Å². The van der Waals surface area contributed by atoms with Gasteiger partial charge in [-0.05, 0) is 36.4 Å². The number of aromatic nitrogens is 2. The Kier molecular flexibility index (Phi) is 5.39. The highest BCUT2D eigenvalue weighted by Gasteiger charge is 2.12. The number of ether oxygens (including phenoxy) is 2. The molecule has 0 radical (unpaired) electrons. The number of hydrogen-bond donors (Lipinski definition) is 1. The third-order valence-corrected chi connectivity index (χ3v) is 3.47. The molecule has 0 bridgehead atoms. The van der Waals surface area contributed by atoms with Crippen molar-refractivity contribution >= 4 is 23.2 Å². The van der Waals surface area contributed by atoms with E-state index in [9.17, 15) is 22.4 Å². The quantitative estimate of drug-likeness (QED) is 0.648. The van der Waals surface area contributed by atoms with Crippen molar-refractivity contribution in [1.82, 2.24) is 9.97 Å². The average molecular weight is 380 g/mol. The van der Waals surface area contributed by atoms with Gasteiger partial charge in [-0.1, -0.05) is 12.1 Å². The van der Waals surface area contributed by atoms with Gasteiger partial charge in [0.25, 0.3) is 5.56 Å². The lowest BCUT2D eigenvalue weighted by Crippen LogP contribution is -2.11. The Hall–Kier alpha value is -3.36. The fourth-order valence-electron chi connectivity index (χ4n) is 2.35. The number of aromatic amines is 1. The van der Waals surface area contributed by atoms with Gasteiger partial charge in [-0.2, -0.15) is 17.6 Å². The molecule has 27 heavy (non-hydrogen) atoms. The third-order valence-electron chi connectivity index (χ3n) is 3.47. The zero-order chi connectivity index (χ0) is 19.4. The zero-order valence-corrected chi connectivity index (χ0v) is 13.5. The van der Waals surface area contributed by atoms with E-state index in [1.54, 1.807) is 24.3 Å². The molecule has 0 saturated heterocycles. The predicted molar refractivity (Wildman–Crippen MR) is 91.0 cm³/mol. The summed E-state index contributed by atoms with van der Waals surface area (Å²) in [5, 5.41) is 0. The average Bonchev–Trinajstić information content (AvgIpc) is 2.60. The Bertz CT molecular complexity index is 1030. The van der Waals surface area contributed by atoms with Gasteiger partial charge in [0.1, 0.15) is 17.2 Å². The van der Waals surface area contributed by atoms with Gasteiger partial charge in [-0.25, -0.2) is 4.98 Å². The van der Waals surface area contributed by atoms with E-state index in [1.807, 2.05) is 0 Å². The van der Waals surface area contributed by atoms with Crippen LogP contribution in [0.3, 0.4) is 0 Å². The third kappa shape index (κ3) is 4.63. The zero-order valence-electron chi connectivity index (χ0n) is 13.5. The van der Waals surface area contributed by atoms with E-state index in [1.165, 1.54) is 24.3 Å². The Morgan fingerprint density at radius 1 is 0.963 bits per heavy atom. The van der Waals surface area contributed by atoms with Crippen LogP contribution in [-0.4, -0.2) is 23.2 Å². The van der Waals surface area contributed by atoms with Gasteiger partial charge in [-0.15, -0.1) is 0 Å². The van der Waals surface area contributed by atoms with Crippen LogP contribution in [0.2, 0.25) is 0 Å². The molecule has 0 saturated carbocycles. The summed E-state index contributed by atoms with van der Waals surface area (Å²) in [7, 11) is 0. The second-order valence-corrected chi connectivity index (χ2v) is 5.26. The summed E-state index contributed by atoms with van der Waals surface area (Å²) in [6.45, 7) is -6.27. The smallest absolute Gasteiger partial charge is 0.387 e. The highest BCUT2D eigenvalue weighted by molar-refractivity contribution is 5.77. The van der Waals surface area contributed by atoms with E-state index >= 15 is 0 Å². The molecule has 0 spiro atoms. The van der Waals surface area contributed by atoms with E-state index < -0.39 is 18.8 Å². The number of nitrogens with zero attached hydrogens (tertiary/aromatic N) is 1. The summed E-state index contributed by atoms with van der Waals surface area (Å²) < 4.78 is 58.3. The van der Waals surface area contributed by atoms with Crippen LogP contribution in [0.5, 0.6) is 11.5 Å². The van der Waals surface area contributed by atoms with Crippen molar-refractivity contribution < 1.29 is 27.0 Å². The molecule has 0 aliphatic carbocycles. The van der Waals surface area contributed by atoms with Gasteiger partial charge in [0, 0.05) is 11.6 Å². The molecule has 0 aliphatic heterocycles. The molecule has 1 N–H and O–H groups in total. The summed E-state index contributed by atoms with van der Waals surface area (Å²) >= 11 is 0. The summed E-state index contributed by atoms with van der Waals surface area (Å²) in [5.41, 5.74) is 0.797. The monoisotopic (exact) mass is 380 g/mol. The summed E-state index contributed by atoms with van der Waals surface area (Å²) in [6, 6.07) is 10.2. The highest BCUT2D eigenvalue weighted by Crippen LogP contribution is 2.28. The Morgan fingerprint density at radius 3 is 2.44 bits per heavy atom. The maximum absolute atomic E-state index is 12.6. The van der Waals surface area contributed by atoms with Crippen LogP contribution in [0.4, 0.5) is 17.6 Å². The van der Waals surface area contributed by atoms with Crippen LogP contribution in [0, 0.1) is 0 Å². The lowest BCUT2D eigenvalue weighted by atomic mass is 10.1. The molecule has 3 rings (SSSR count). The van der Waals surface area contributed by atoms with E-state index in [4.69, 9.17) is 0 Å². The molecule has 0 fully saturated rings. The van der Waals surface area contributed by atoms with Gasteiger partial charge < -0.3 is 14.5 Å². The first-order valence-corrected chi connectivity index (χ1v) is 7.63. The molecule has 3 aromatic rings. The number of fused-ring (bicyclic) bond motifs is 1. The Labute approximate surface area is 149 Å². The molecular weight excluding hydrogens is 368 g/mol. The summed E-state index contributed by atoms with van der Waals surface area (Å²) in [4.78, 5) is 18.9. The van der Waals surface area contributed by atoms with Crippen molar-refractivity contribution in [3.8, 4) is 11.5 Å². The first kappa shape index (κ1) is 18.4. The van der Waals surface area contributed by atoms with Gasteiger partial charge in [-0.3, -0.25) is 4.79 Å². The Balaban J connectivity index is 1.96. The molecule has 9 heteroatoms. The maximum Gasteiger partial charge on any atom is 0.387 e. The van der Waals surface area contributed by atoms with Crippen LogP contribution in [-0.2, 0) is 0 Å². The molecule has 1 heterocycles.